The first-order valence-electron chi connectivity index (χ1n) is 5.84. The summed E-state index contributed by atoms with van der Waals surface area (Å²) in [6.45, 7) is 4.85. The molecule has 18 heavy (non-hydrogen) atoms. The fourth-order valence-electron chi connectivity index (χ4n) is 1.74. The van der Waals surface area contributed by atoms with E-state index in [1.54, 1.807) is 29.4 Å². The van der Waals surface area contributed by atoms with Gasteiger partial charge in [0.15, 0.2) is 11.5 Å². The summed E-state index contributed by atoms with van der Waals surface area (Å²) in [4.78, 5) is 14.7. The summed E-state index contributed by atoms with van der Waals surface area (Å²) >= 11 is 1.56. The lowest BCUT2D eigenvalue weighted by molar-refractivity contribution is 0.0769. The SMILES string of the molecule is CC(C)CN(C)C(=O)c1cc(-c2cccs2)on1. The molecule has 0 aliphatic carbocycles. The third-order valence-electron chi connectivity index (χ3n) is 2.48. The Bertz CT molecular complexity index is 517. The normalized spacial score (nSPS) is 10.9. The highest BCUT2D eigenvalue weighted by molar-refractivity contribution is 7.13. The second kappa shape index (κ2) is 5.35. The molecule has 1 amide bonds. The van der Waals surface area contributed by atoms with Crippen LogP contribution in [-0.4, -0.2) is 29.6 Å². The molecule has 0 spiro atoms. The van der Waals surface area contributed by atoms with Crippen LogP contribution in [0.5, 0.6) is 0 Å². The van der Waals surface area contributed by atoms with Crippen LogP contribution < -0.4 is 0 Å². The highest BCUT2D eigenvalue weighted by Gasteiger charge is 2.18. The highest BCUT2D eigenvalue weighted by atomic mass is 32.1. The van der Waals surface area contributed by atoms with Crippen molar-refractivity contribution in [1.29, 1.82) is 0 Å². The van der Waals surface area contributed by atoms with Gasteiger partial charge >= 0.3 is 0 Å². The second-order valence-corrected chi connectivity index (χ2v) is 5.58. The van der Waals surface area contributed by atoms with Gasteiger partial charge in [0.2, 0.25) is 0 Å². The monoisotopic (exact) mass is 264 g/mol. The maximum atomic E-state index is 12.1. The van der Waals surface area contributed by atoms with Gasteiger partial charge in [0, 0.05) is 19.7 Å². The third kappa shape index (κ3) is 2.79. The lowest BCUT2D eigenvalue weighted by atomic mass is 10.2. The molecule has 0 unspecified atom stereocenters. The number of aromatic nitrogens is 1. The summed E-state index contributed by atoms with van der Waals surface area (Å²) in [7, 11) is 1.78. The van der Waals surface area contributed by atoms with E-state index in [1.165, 1.54) is 0 Å². The molecular weight excluding hydrogens is 248 g/mol. The van der Waals surface area contributed by atoms with Crippen molar-refractivity contribution in [3.05, 3.63) is 29.3 Å². The Morgan fingerprint density at radius 1 is 1.56 bits per heavy atom. The predicted octanol–water partition coefficient (Wildman–Crippen LogP) is 3.13. The number of hydrogen-bond acceptors (Lipinski definition) is 4. The number of hydrogen-bond donors (Lipinski definition) is 0. The molecule has 2 rings (SSSR count). The van der Waals surface area contributed by atoms with Crippen LogP contribution in [0.3, 0.4) is 0 Å². The van der Waals surface area contributed by atoms with Crippen molar-refractivity contribution < 1.29 is 9.32 Å². The van der Waals surface area contributed by atoms with E-state index in [4.69, 9.17) is 4.52 Å². The molecule has 2 aromatic heterocycles. The van der Waals surface area contributed by atoms with Gasteiger partial charge in [-0.05, 0) is 17.4 Å². The molecule has 0 bridgehead atoms. The Morgan fingerprint density at radius 3 is 2.94 bits per heavy atom. The summed E-state index contributed by atoms with van der Waals surface area (Å²) in [6.07, 6.45) is 0. The van der Waals surface area contributed by atoms with E-state index < -0.39 is 0 Å². The lowest BCUT2D eigenvalue weighted by Gasteiger charge is -2.17. The second-order valence-electron chi connectivity index (χ2n) is 4.63. The number of amides is 1. The summed E-state index contributed by atoms with van der Waals surface area (Å²) in [5, 5.41) is 5.80. The van der Waals surface area contributed by atoms with Crippen LogP contribution in [-0.2, 0) is 0 Å². The highest BCUT2D eigenvalue weighted by Crippen LogP contribution is 2.25. The number of rotatable bonds is 4. The van der Waals surface area contributed by atoms with Crippen molar-refractivity contribution in [2.24, 2.45) is 5.92 Å². The summed E-state index contributed by atoms with van der Waals surface area (Å²) in [5.41, 5.74) is 0.363. The van der Waals surface area contributed by atoms with E-state index in [0.717, 1.165) is 4.88 Å². The van der Waals surface area contributed by atoms with Crippen molar-refractivity contribution in [1.82, 2.24) is 10.1 Å². The van der Waals surface area contributed by atoms with E-state index in [2.05, 4.69) is 19.0 Å². The summed E-state index contributed by atoms with van der Waals surface area (Å²) in [5.74, 6) is 0.976. The molecule has 0 fully saturated rings. The van der Waals surface area contributed by atoms with Gasteiger partial charge in [-0.3, -0.25) is 4.79 Å². The quantitative estimate of drug-likeness (QED) is 0.852. The van der Waals surface area contributed by atoms with Crippen LogP contribution in [0, 0.1) is 5.92 Å². The van der Waals surface area contributed by atoms with E-state index in [9.17, 15) is 4.79 Å². The van der Waals surface area contributed by atoms with Crippen LogP contribution in [0.2, 0.25) is 0 Å². The number of carbonyl (C=O) groups is 1. The minimum atomic E-state index is -0.102. The van der Waals surface area contributed by atoms with Gasteiger partial charge in [0.05, 0.1) is 4.88 Å². The largest absolute Gasteiger partial charge is 0.355 e. The first-order chi connectivity index (χ1) is 8.58. The molecule has 96 valence electrons. The molecule has 0 N–H and O–H groups in total. The standard InChI is InChI=1S/C13H16N2O2S/c1-9(2)8-15(3)13(16)10-7-11(17-14-10)12-5-4-6-18-12/h4-7,9H,8H2,1-3H3. The van der Waals surface area contributed by atoms with E-state index in [-0.39, 0.29) is 5.91 Å². The molecule has 0 saturated heterocycles. The number of nitrogens with zero attached hydrogens (tertiary/aromatic N) is 2. The molecule has 0 radical (unpaired) electrons. The van der Waals surface area contributed by atoms with Gasteiger partial charge in [0.1, 0.15) is 0 Å². The Kier molecular flexibility index (Phi) is 3.81. The van der Waals surface area contributed by atoms with Crippen molar-refractivity contribution >= 4 is 17.2 Å². The van der Waals surface area contributed by atoms with Crippen LogP contribution in [0.25, 0.3) is 10.6 Å². The van der Waals surface area contributed by atoms with Crippen molar-refractivity contribution in [2.45, 2.75) is 13.8 Å². The van der Waals surface area contributed by atoms with Crippen LogP contribution in [0.1, 0.15) is 24.3 Å². The molecular formula is C13H16N2O2S. The van der Waals surface area contributed by atoms with Gasteiger partial charge in [0.25, 0.3) is 5.91 Å². The van der Waals surface area contributed by atoms with Gasteiger partial charge in [-0.25, -0.2) is 0 Å². The third-order valence-corrected chi connectivity index (χ3v) is 3.36. The molecule has 0 aromatic carbocycles. The Morgan fingerprint density at radius 2 is 2.33 bits per heavy atom. The molecule has 0 saturated carbocycles. The van der Waals surface area contributed by atoms with E-state index >= 15 is 0 Å². The molecule has 2 heterocycles. The van der Waals surface area contributed by atoms with Gasteiger partial charge in [-0.1, -0.05) is 25.1 Å². The average Bonchev–Trinajstić information content (AvgIpc) is 2.97. The Labute approximate surface area is 110 Å². The maximum Gasteiger partial charge on any atom is 0.275 e. The summed E-state index contributed by atoms with van der Waals surface area (Å²) < 4.78 is 5.20. The first kappa shape index (κ1) is 12.8. The number of carbonyl (C=O) groups excluding carboxylic acids is 1. The van der Waals surface area contributed by atoms with Gasteiger partial charge < -0.3 is 9.42 Å². The van der Waals surface area contributed by atoms with Crippen LogP contribution in [0.4, 0.5) is 0 Å². The molecule has 5 heteroatoms. The molecule has 4 nitrogen and oxygen atoms in total. The Balaban J connectivity index is 2.13. The minimum Gasteiger partial charge on any atom is -0.355 e. The smallest absolute Gasteiger partial charge is 0.275 e. The zero-order valence-corrected chi connectivity index (χ0v) is 11.5. The number of thiophene rings is 1. The maximum absolute atomic E-state index is 12.1. The minimum absolute atomic E-state index is 0.102. The first-order valence-corrected chi connectivity index (χ1v) is 6.72. The lowest BCUT2D eigenvalue weighted by Crippen LogP contribution is -2.30. The predicted molar refractivity (Wildman–Crippen MR) is 71.6 cm³/mol. The van der Waals surface area contributed by atoms with Crippen molar-refractivity contribution in [2.75, 3.05) is 13.6 Å². The van der Waals surface area contributed by atoms with E-state index in [0.29, 0.717) is 23.9 Å². The van der Waals surface area contributed by atoms with Crippen molar-refractivity contribution in [3.63, 3.8) is 0 Å². The topological polar surface area (TPSA) is 46.3 Å². The fraction of sp³-hybridized carbons (Fsp3) is 0.385. The van der Waals surface area contributed by atoms with Crippen molar-refractivity contribution in [3.8, 4) is 10.6 Å². The van der Waals surface area contributed by atoms with Crippen LogP contribution >= 0.6 is 11.3 Å². The fourth-order valence-corrected chi connectivity index (χ4v) is 2.41. The van der Waals surface area contributed by atoms with Gasteiger partial charge in [-0.2, -0.15) is 0 Å². The Hall–Kier alpha value is -1.62. The molecule has 2 aromatic rings. The van der Waals surface area contributed by atoms with E-state index in [1.807, 2.05) is 17.5 Å². The molecule has 0 atom stereocenters. The summed E-state index contributed by atoms with van der Waals surface area (Å²) in [6, 6.07) is 5.58. The zero-order chi connectivity index (χ0) is 13.1. The zero-order valence-electron chi connectivity index (χ0n) is 10.7. The average molecular weight is 264 g/mol. The molecule has 0 aliphatic heterocycles. The molecule has 0 aliphatic rings. The van der Waals surface area contributed by atoms with Crippen LogP contribution in [0.15, 0.2) is 28.1 Å². The van der Waals surface area contributed by atoms with Gasteiger partial charge in [-0.15, -0.1) is 11.3 Å².